The van der Waals surface area contributed by atoms with E-state index in [0.717, 1.165) is 24.6 Å². The third-order valence-corrected chi connectivity index (χ3v) is 7.04. The van der Waals surface area contributed by atoms with Crippen LogP contribution in [0.2, 0.25) is 0 Å². The molecular formula is C16H35N5O2S2. The van der Waals surface area contributed by atoms with Crippen LogP contribution in [0.1, 0.15) is 27.7 Å². The van der Waals surface area contributed by atoms with E-state index in [1.54, 1.807) is 11.4 Å². The standard InChI is InChI=1S/C16H35N5O2S2/c1-14(2)21(15(3)4)8-6-18-16(17-5)19-7-13-25(22,23)20-9-11-24-12-10-20/h14-15H,6-13H2,1-5H3,(H2,17,18,19). The highest BCUT2D eigenvalue weighted by atomic mass is 32.2. The molecule has 1 saturated heterocycles. The van der Waals surface area contributed by atoms with Gasteiger partial charge in [0.05, 0.1) is 5.75 Å². The Morgan fingerprint density at radius 3 is 2.20 bits per heavy atom. The van der Waals surface area contributed by atoms with E-state index in [1.165, 1.54) is 0 Å². The Hall–Kier alpha value is -0.510. The van der Waals surface area contributed by atoms with Gasteiger partial charge in [-0.15, -0.1) is 0 Å². The Bertz CT molecular complexity index is 495. The molecule has 0 bridgehead atoms. The van der Waals surface area contributed by atoms with Crippen molar-refractivity contribution in [3.05, 3.63) is 0 Å². The van der Waals surface area contributed by atoms with E-state index < -0.39 is 10.0 Å². The van der Waals surface area contributed by atoms with Crippen LogP contribution in [0.5, 0.6) is 0 Å². The first kappa shape index (κ1) is 22.5. The van der Waals surface area contributed by atoms with Crippen LogP contribution >= 0.6 is 11.8 Å². The molecule has 0 aromatic rings. The largest absolute Gasteiger partial charge is 0.355 e. The molecule has 0 spiro atoms. The Morgan fingerprint density at radius 2 is 1.68 bits per heavy atom. The van der Waals surface area contributed by atoms with Crippen molar-refractivity contribution in [2.45, 2.75) is 39.8 Å². The van der Waals surface area contributed by atoms with Crippen LogP contribution in [0.4, 0.5) is 0 Å². The number of guanidine groups is 1. The lowest BCUT2D eigenvalue weighted by molar-refractivity contribution is 0.178. The van der Waals surface area contributed by atoms with Crippen LogP contribution in [-0.2, 0) is 10.0 Å². The van der Waals surface area contributed by atoms with E-state index in [9.17, 15) is 8.42 Å². The number of thioether (sulfide) groups is 1. The number of hydrogen-bond donors (Lipinski definition) is 2. The number of nitrogens with one attached hydrogen (secondary N) is 2. The fourth-order valence-electron chi connectivity index (χ4n) is 2.89. The molecule has 1 rings (SSSR count). The van der Waals surface area contributed by atoms with Gasteiger partial charge < -0.3 is 10.6 Å². The van der Waals surface area contributed by atoms with E-state index in [1.807, 2.05) is 11.8 Å². The Kier molecular flexibility index (Phi) is 10.1. The molecule has 1 fully saturated rings. The van der Waals surface area contributed by atoms with E-state index in [-0.39, 0.29) is 5.75 Å². The Morgan fingerprint density at radius 1 is 1.12 bits per heavy atom. The van der Waals surface area contributed by atoms with Crippen molar-refractivity contribution in [3.8, 4) is 0 Å². The van der Waals surface area contributed by atoms with Crippen LogP contribution < -0.4 is 10.6 Å². The molecule has 1 aliphatic heterocycles. The van der Waals surface area contributed by atoms with Gasteiger partial charge in [-0.3, -0.25) is 9.89 Å². The number of sulfonamides is 1. The average Bonchev–Trinajstić information content (AvgIpc) is 2.57. The summed E-state index contributed by atoms with van der Waals surface area (Å²) in [5.41, 5.74) is 0. The maximum absolute atomic E-state index is 12.3. The summed E-state index contributed by atoms with van der Waals surface area (Å²) in [6, 6.07) is 0.981. The number of rotatable bonds is 9. The third-order valence-electron chi connectivity index (χ3n) is 4.23. The fourth-order valence-corrected chi connectivity index (χ4v) is 5.38. The van der Waals surface area contributed by atoms with E-state index in [2.05, 4.69) is 48.2 Å². The fraction of sp³-hybridized carbons (Fsp3) is 0.938. The highest BCUT2D eigenvalue weighted by Crippen LogP contribution is 2.12. The Labute approximate surface area is 158 Å². The van der Waals surface area contributed by atoms with Gasteiger partial charge >= 0.3 is 0 Å². The molecule has 7 nitrogen and oxygen atoms in total. The first-order valence-electron chi connectivity index (χ1n) is 9.03. The monoisotopic (exact) mass is 393 g/mol. The summed E-state index contributed by atoms with van der Waals surface area (Å²) in [5, 5.41) is 6.37. The zero-order valence-electron chi connectivity index (χ0n) is 16.3. The summed E-state index contributed by atoms with van der Waals surface area (Å²) in [6.07, 6.45) is 0. The summed E-state index contributed by atoms with van der Waals surface area (Å²) in [6.45, 7) is 12.1. The quantitative estimate of drug-likeness (QED) is 0.442. The van der Waals surface area contributed by atoms with E-state index in [4.69, 9.17) is 0 Å². The number of hydrogen-bond acceptors (Lipinski definition) is 5. The summed E-state index contributed by atoms with van der Waals surface area (Å²) in [5.74, 6) is 2.52. The molecule has 0 atom stereocenters. The zero-order chi connectivity index (χ0) is 18.9. The van der Waals surface area contributed by atoms with Crippen molar-refractivity contribution in [2.75, 3.05) is 57.0 Å². The summed E-state index contributed by atoms with van der Waals surface area (Å²) < 4.78 is 26.2. The minimum atomic E-state index is -3.18. The summed E-state index contributed by atoms with van der Waals surface area (Å²) >= 11 is 1.81. The molecule has 0 radical (unpaired) electrons. The van der Waals surface area contributed by atoms with Crippen molar-refractivity contribution in [1.29, 1.82) is 0 Å². The van der Waals surface area contributed by atoms with Crippen LogP contribution in [0, 0.1) is 0 Å². The zero-order valence-corrected chi connectivity index (χ0v) is 17.9. The van der Waals surface area contributed by atoms with Gasteiger partial charge in [0.2, 0.25) is 10.0 Å². The maximum Gasteiger partial charge on any atom is 0.215 e. The van der Waals surface area contributed by atoms with E-state index >= 15 is 0 Å². The lowest BCUT2D eigenvalue weighted by Crippen LogP contribution is -2.47. The Balaban J connectivity index is 2.34. The van der Waals surface area contributed by atoms with Gasteiger partial charge in [0.25, 0.3) is 0 Å². The van der Waals surface area contributed by atoms with Gasteiger partial charge in [-0.2, -0.15) is 11.8 Å². The highest BCUT2D eigenvalue weighted by molar-refractivity contribution is 7.99. The molecule has 1 heterocycles. The van der Waals surface area contributed by atoms with Crippen molar-refractivity contribution in [2.24, 2.45) is 4.99 Å². The third kappa shape index (κ3) is 8.15. The second-order valence-corrected chi connectivity index (χ2v) is 9.99. The summed E-state index contributed by atoms with van der Waals surface area (Å²) in [4.78, 5) is 6.57. The van der Waals surface area contributed by atoms with Gasteiger partial charge in [0.1, 0.15) is 0 Å². The van der Waals surface area contributed by atoms with Gasteiger partial charge in [-0.05, 0) is 27.7 Å². The number of nitrogens with zero attached hydrogens (tertiary/aromatic N) is 3. The van der Waals surface area contributed by atoms with Crippen LogP contribution in [0.3, 0.4) is 0 Å². The molecule has 0 amide bonds. The van der Waals surface area contributed by atoms with Gasteiger partial charge in [-0.1, -0.05) is 0 Å². The predicted octanol–water partition coefficient (Wildman–Crippen LogP) is 0.649. The van der Waals surface area contributed by atoms with Crippen molar-refractivity contribution < 1.29 is 8.42 Å². The molecular weight excluding hydrogens is 358 g/mol. The lowest BCUT2D eigenvalue weighted by Gasteiger charge is -2.30. The van der Waals surface area contributed by atoms with Crippen LogP contribution in [0.15, 0.2) is 4.99 Å². The van der Waals surface area contributed by atoms with Crippen molar-refractivity contribution in [3.63, 3.8) is 0 Å². The SMILES string of the molecule is CN=C(NCCN(C(C)C)C(C)C)NCCS(=O)(=O)N1CCSCC1. The van der Waals surface area contributed by atoms with Gasteiger partial charge in [0, 0.05) is 63.4 Å². The lowest BCUT2D eigenvalue weighted by atomic mass is 10.2. The van der Waals surface area contributed by atoms with Crippen molar-refractivity contribution >= 4 is 27.7 Å². The molecule has 148 valence electrons. The molecule has 0 aliphatic carbocycles. The van der Waals surface area contributed by atoms with Crippen LogP contribution in [0.25, 0.3) is 0 Å². The normalized spacial score (nSPS) is 17.5. The molecule has 9 heteroatoms. The molecule has 1 aliphatic rings. The smallest absolute Gasteiger partial charge is 0.215 e. The molecule has 0 aromatic heterocycles. The highest BCUT2D eigenvalue weighted by Gasteiger charge is 2.23. The second kappa shape index (κ2) is 11.3. The maximum atomic E-state index is 12.3. The van der Waals surface area contributed by atoms with E-state index in [0.29, 0.717) is 37.7 Å². The predicted molar refractivity (Wildman–Crippen MR) is 109 cm³/mol. The van der Waals surface area contributed by atoms with Crippen LogP contribution in [-0.4, -0.2) is 92.7 Å². The topological polar surface area (TPSA) is 77.0 Å². The molecule has 25 heavy (non-hydrogen) atoms. The van der Waals surface area contributed by atoms with Gasteiger partial charge in [-0.25, -0.2) is 12.7 Å². The molecule has 2 N–H and O–H groups in total. The first-order valence-corrected chi connectivity index (χ1v) is 11.8. The van der Waals surface area contributed by atoms with Crippen molar-refractivity contribution in [1.82, 2.24) is 19.8 Å². The molecule has 0 unspecified atom stereocenters. The average molecular weight is 394 g/mol. The molecule has 0 saturated carbocycles. The molecule has 0 aromatic carbocycles. The minimum Gasteiger partial charge on any atom is -0.355 e. The first-order chi connectivity index (χ1) is 11.8. The number of aliphatic imine (C=N–C) groups is 1. The summed E-state index contributed by atoms with van der Waals surface area (Å²) in [7, 11) is -1.47. The second-order valence-electron chi connectivity index (χ2n) is 6.68. The minimum absolute atomic E-state index is 0.0997. The van der Waals surface area contributed by atoms with Gasteiger partial charge in [0.15, 0.2) is 5.96 Å².